The van der Waals surface area contributed by atoms with Crippen molar-refractivity contribution in [2.45, 2.75) is 23.8 Å². The molecule has 2 aromatic heterocycles. The molecule has 0 radical (unpaired) electrons. The second-order valence-electron chi connectivity index (χ2n) is 8.15. The van der Waals surface area contributed by atoms with Crippen LogP contribution in [0.15, 0.2) is 66.0 Å². The fraction of sp³-hybridized carbons (Fsp3) is 0.208. The maximum atomic E-state index is 12.6. The molecule has 4 aromatic rings. The van der Waals surface area contributed by atoms with Crippen LogP contribution in [0.5, 0.6) is 0 Å². The lowest BCUT2D eigenvalue weighted by molar-refractivity contribution is 0.427. The van der Waals surface area contributed by atoms with E-state index in [0.29, 0.717) is 11.6 Å². The Kier molecular flexibility index (Phi) is 6.35. The molecule has 0 aliphatic carbocycles. The molecule has 1 fully saturated rings. The lowest BCUT2D eigenvalue weighted by Crippen LogP contribution is -2.42. The van der Waals surface area contributed by atoms with Crippen LogP contribution >= 0.6 is 0 Å². The Bertz CT molecular complexity index is 1390. The average molecular weight is 476 g/mol. The second-order valence-corrected chi connectivity index (χ2v) is 9.86. The third-order valence-electron chi connectivity index (χ3n) is 5.73. The van der Waals surface area contributed by atoms with E-state index in [9.17, 15) is 8.42 Å². The summed E-state index contributed by atoms with van der Waals surface area (Å²) in [7, 11) is -3.54. The molecule has 9 nitrogen and oxygen atoms in total. The molecule has 1 aliphatic rings. The predicted octanol–water partition coefficient (Wildman–Crippen LogP) is 3.30. The van der Waals surface area contributed by atoms with Crippen LogP contribution < -0.4 is 15.4 Å². The van der Waals surface area contributed by atoms with Gasteiger partial charge in [0.2, 0.25) is 16.0 Å². The van der Waals surface area contributed by atoms with Crippen LogP contribution in [0.1, 0.15) is 24.0 Å². The molecule has 0 spiro atoms. The highest BCUT2D eigenvalue weighted by molar-refractivity contribution is 7.89. The van der Waals surface area contributed by atoms with E-state index in [1.807, 2.05) is 30.4 Å². The number of nitrogens with one attached hydrogen (secondary N) is 4. The van der Waals surface area contributed by atoms with E-state index in [0.717, 1.165) is 48.0 Å². The van der Waals surface area contributed by atoms with Crippen LogP contribution in [-0.4, -0.2) is 47.7 Å². The smallest absolute Gasteiger partial charge is 0.240 e. The summed E-state index contributed by atoms with van der Waals surface area (Å²) in [4.78, 5) is 8.96. The first-order valence-corrected chi connectivity index (χ1v) is 12.6. The summed E-state index contributed by atoms with van der Waals surface area (Å²) < 4.78 is 28.1. The van der Waals surface area contributed by atoms with E-state index in [2.05, 4.69) is 35.5 Å². The molecule has 1 saturated heterocycles. The van der Waals surface area contributed by atoms with Gasteiger partial charge in [-0.15, -0.1) is 0 Å². The Balaban J connectivity index is 1.22. The van der Waals surface area contributed by atoms with E-state index < -0.39 is 10.0 Å². The number of fused-ring (bicyclic) bond motifs is 1. The maximum absolute atomic E-state index is 12.6. The van der Waals surface area contributed by atoms with Gasteiger partial charge in [0.1, 0.15) is 0 Å². The first-order chi connectivity index (χ1) is 16.6. The molecule has 4 N–H and O–H groups in total. The zero-order valence-corrected chi connectivity index (χ0v) is 19.2. The van der Waals surface area contributed by atoms with Crippen molar-refractivity contribution in [3.63, 3.8) is 0 Å². The molecule has 3 heterocycles. The molecule has 174 valence electrons. The molecule has 34 heavy (non-hydrogen) atoms. The number of sulfonamides is 1. The van der Waals surface area contributed by atoms with Gasteiger partial charge in [0, 0.05) is 35.1 Å². The van der Waals surface area contributed by atoms with Crippen LogP contribution in [0.25, 0.3) is 23.1 Å². The standard InChI is InChI=1S/C24H25N7O2S/c32-34(33,31-20-10-12-25-13-11-20)21-8-6-19(7-9-21)29-24-26-14-17(15-27-24)4-5-18-2-1-3-23-22(18)16-28-30-23/h1-9,14-16,20,25,31H,10-13H2,(H,28,30)(H,26,27,29). The summed E-state index contributed by atoms with van der Waals surface area (Å²) in [5.41, 5.74) is 3.60. The fourth-order valence-electron chi connectivity index (χ4n) is 3.88. The van der Waals surface area contributed by atoms with Gasteiger partial charge in [-0.3, -0.25) is 5.10 Å². The molecule has 0 bridgehead atoms. The molecule has 1 aliphatic heterocycles. The van der Waals surface area contributed by atoms with Gasteiger partial charge in [0.05, 0.1) is 16.6 Å². The SMILES string of the molecule is O=S(=O)(NC1CCNCC1)c1ccc(Nc2ncc(C=Cc3cccc4[nH]ncc34)cn2)cc1. The van der Waals surface area contributed by atoms with Crippen LogP contribution in [0, 0.1) is 0 Å². The number of H-pyrrole nitrogens is 1. The van der Waals surface area contributed by atoms with Crippen LogP contribution in [0.2, 0.25) is 0 Å². The molecule has 2 aromatic carbocycles. The molecular formula is C24H25N7O2S. The van der Waals surface area contributed by atoms with Crippen LogP contribution in [-0.2, 0) is 10.0 Å². The number of hydrogen-bond acceptors (Lipinski definition) is 7. The lowest BCUT2D eigenvalue weighted by atomic mass is 10.1. The minimum Gasteiger partial charge on any atom is -0.324 e. The fourth-order valence-corrected chi connectivity index (χ4v) is 5.19. The highest BCUT2D eigenvalue weighted by atomic mass is 32.2. The van der Waals surface area contributed by atoms with E-state index in [4.69, 9.17) is 0 Å². The molecule has 0 unspecified atom stereocenters. The average Bonchev–Trinajstić information content (AvgIpc) is 3.34. The maximum Gasteiger partial charge on any atom is 0.240 e. The number of piperidine rings is 1. The number of nitrogens with zero attached hydrogens (tertiary/aromatic N) is 3. The molecule has 0 amide bonds. The van der Waals surface area contributed by atoms with Gasteiger partial charge >= 0.3 is 0 Å². The normalized spacial score (nSPS) is 15.2. The minimum atomic E-state index is -3.54. The third kappa shape index (κ3) is 5.14. The van der Waals surface area contributed by atoms with E-state index >= 15 is 0 Å². The van der Waals surface area contributed by atoms with Crippen LogP contribution in [0.3, 0.4) is 0 Å². The number of aromatic nitrogens is 4. The first-order valence-electron chi connectivity index (χ1n) is 11.1. The van der Waals surface area contributed by atoms with Gasteiger partial charge in [0.15, 0.2) is 0 Å². The molecule has 0 saturated carbocycles. The Labute approximate surface area is 197 Å². The Morgan fingerprint density at radius 1 is 0.941 bits per heavy atom. The Morgan fingerprint density at radius 3 is 2.47 bits per heavy atom. The van der Waals surface area contributed by atoms with Crippen molar-refractivity contribution in [3.05, 3.63) is 72.2 Å². The van der Waals surface area contributed by atoms with E-state index in [-0.39, 0.29) is 10.9 Å². The quantitative estimate of drug-likeness (QED) is 0.323. The summed E-state index contributed by atoms with van der Waals surface area (Å²) in [6.45, 7) is 1.65. The van der Waals surface area contributed by atoms with Gasteiger partial charge in [0.25, 0.3) is 0 Å². The van der Waals surface area contributed by atoms with E-state index in [1.165, 1.54) is 0 Å². The van der Waals surface area contributed by atoms with Crippen molar-refractivity contribution in [2.24, 2.45) is 0 Å². The van der Waals surface area contributed by atoms with Gasteiger partial charge in [-0.1, -0.05) is 24.3 Å². The highest BCUT2D eigenvalue weighted by Crippen LogP contribution is 2.20. The van der Waals surface area contributed by atoms with Gasteiger partial charge < -0.3 is 10.6 Å². The monoisotopic (exact) mass is 475 g/mol. The zero-order valence-electron chi connectivity index (χ0n) is 18.4. The summed E-state index contributed by atoms with van der Waals surface area (Å²) >= 11 is 0. The minimum absolute atomic E-state index is 0.0300. The summed E-state index contributed by atoms with van der Waals surface area (Å²) in [6, 6.07) is 12.5. The summed E-state index contributed by atoms with van der Waals surface area (Å²) in [6.07, 6.45) is 10.8. The van der Waals surface area contributed by atoms with Gasteiger partial charge in [-0.05, 0) is 61.8 Å². The topological polar surface area (TPSA) is 125 Å². The first kappa shape index (κ1) is 22.2. The van der Waals surface area contributed by atoms with Crippen molar-refractivity contribution in [1.29, 1.82) is 0 Å². The van der Waals surface area contributed by atoms with Gasteiger partial charge in [-0.2, -0.15) is 5.10 Å². The second kappa shape index (κ2) is 9.72. The van der Waals surface area contributed by atoms with Crippen molar-refractivity contribution in [1.82, 2.24) is 30.2 Å². The van der Waals surface area contributed by atoms with Crippen LogP contribution in [0.4, 0.5) is 11.6 Å². The third-order valence-corrected chi connectivity index (χ3v) is 7.26. The zero-order chi connectivity index (χ0) is 23.4. The largest absolute Gasteiger partial charge is 0.324 e. The predicted molar refractivity (Wildman–Crippen MR) is 133 cm³/mol. The number of hydrogen-bond donors (Lipinski definition) is 4. The highest BCUT2D eigenvalue weighted by Gasteiger charge is 2.21. The molecule has 0 atom stereocenters. The summed E-state index contributed by atoms with van der Waals surface area (Å²) in [5, 5.41) is 14.4. The molecule has 10 heteroatoms. The van der Waals surface area contributed by atoms with Crippen molar-refractivity contribution in [3.8, 4) is 0 Å². The number of anilines is 2. The number of aromatic amines is 1. The van der Waals surface area contributed by atoms with E-state index in [1.54, 1.807) is 42.9 Å². The molecular weight excluding hydrogens is 450 g/mol. The molecule has 5 rings (SSSR count). The summed E-state index contributed by atoms with van der Waals surface area (Å²) in [5.74, 6) is 0.428. The Hall–Kier alpha value is -3.60. The van der Waals surface area contributed by atoms with Crippen molar-refractivity contribution >= 4 is 44.7 Å². The van der Waals surface area contributed by atoms with Gasteiger partial charge in [-0.25, -0.2) is 23.1 Å². The number of rotatable bonds is 7. The number of benzene rings is 2. The lowest BCUT2D eigenvalue weighted by Gasteiger charge is -2.23. The van der Waals surface area contributed by atoms with Crippen molar-refractivity contribution in [2.75, 3.05) is 18.4 Å². The Morgan fingerprint density at radius 2 is 1.71 bits per heavy atom. The van der Waals surface area contributed by atoms with Crippen molar-refractivity contribution < 1.29 is 8.42 Å².